The van der Waals surface area contributed by atoms with Crippen LogP contribution >= 0.6 is 0 Å². The number of hydrogen-bond acceptors (Lipinski definition) is 1. The van der Waals surface area contributed by atoms with Gasteiger partial charge in [-0.05, 0) is 18.9 Å². The smallest absolute Gasteiger partial charge is 0.121 e. The summed E-state index contributed by atoms with van der Waals surface area (Å²) < 4.78 is 4.62. The molecule has 0 saturated heterocycles. The molecule has 0 aromatic carbocycles. The fourth-order valence-electron chi connectivity index (χ4n) is 2.24. The van der Waals surface area contributed by atoms with Crippen molar-refractivity contribution >= 4 is 0 Å². The largest absolute Gasteiger partial charge is 0.498 e. The van der Waals surface area contributed by atoms with Gasteiger partial charge in [0.2, 0.25) is 0 Å². The molecule has 0 N–H and O–H groups in total. The Kier molecular flexibility index (Phi) is 16.1. The average molecular weight is 253 g/mol. The lowest BCUT2D eigenvalue weighted by molar-refractivity contribution is 0.391. The lowest BCUT2D eigenvalue weighted by atomic mass is 10.0. The lowest BCUT2D eigenvalue weighted by Crippen LogP contribution is -1.82. The quantitative estimate of drug-likeness (QED) is 0.257. The summed E-state index contributed by atoms with van der Waals surface area (Å²) in [6, 6.07) is 0. The summed E-state index contributed by atoms with van der Waals surface area (Å²) in [6.07, 6.45) is 21.8. The summed E-state index contributed by atoms with van der Waals surface area (Å²) in [5, 5.41) is 0. The Morgan fingerprint density at radius 2 is 1.17 bits per heavy atom. The van der Waals surface area contributed by atoms with E-state index in [1.807, 2.05) is 0 Å². The first-order valence-electron chi connectivity index (χ1n) is 7.97. The summed E-state index contributed by atoms with van der Waals surface area (Å²) in [5.41, 5.74) is 0. The Labute approximate surface area is 115 Å². The van der Waals surface area contributed by atoms with Gasteiger partial charge in [0.05, 0.1) is 6.26 Å². The van der Waals surface area contributed by atoms with Crippen LogP contribution in [-0.4, -0.2) is 0 Å². The molecule has 0 bridgehead atoms. The van der Waals surface area contributed by atoms with Crippen molar-refractivity contribution < 1.29 is 4.74 Å². The number of ether oxygens (including phenoxy) is 1. The highest BCUT2D eigenvalue weighted by atomic mass is 16.5. The van der Waals surface area contributed by atoms with Crippen molar-refractivity contribution in [2.75, 3.05) is 0 Å². The highest BCUT2D eigenvalue weighted by Gasteiger charge is 1.92. The van der Waals surface area contributed by atoms with Crippen molar-refractivity contribution in [2.24, 2.45) is 0 Å². The van der Waals surface area contributed by atoms with Gasteiger partial charge < -0.3 is 4.74 Å². The molecule has 0 aliphatic carbocycles. The molecule has 107 valence electrons. The second-order valence-corrected chi connectivity index (χ2v) is 5.22. The van der Waals surface area contributed by atoms with Gasteiger partial charge in [-0.25, -0.2) is 0 Å². The third kappa shape index (κ3) is 15.5. The van der Waals surface area contributed by atoms with E-state index in [9.17, 15) is 0 Å². The molecule has 0 aromatic heterocycles. The molecule has 1 radical (unpaired) electrons. The normalized spacial score (nSPS) is 11.2. The number of hydrogen-bond donors (Lipinski definition) is 0. The summed E-state index contributed by atoms with van der Waals surface area (Å²) in [6.45, 7) is 2.28. The lowest BCUT2D eigenvalue weighted by Gasteiger charge is -2.02. The Balaban J connectivity index is 2.92. The van der Waals surface area contributed by atoms with Crippen LogP contribution in [0.2, 0.25) is 0 Å². The van der Waals surface area contributed by atoms with Gasteiger partial charge in [-0.2, -0.15) is 0 Å². The molecule has 18 heavy (non-hydrogen) atoms. The van der Waals surface area contributed by atoms with E-state index in [-0.39, 0.29) is 0 Å². The molecule has 0 aliphatic rings. The van der Waals surface area contributed by atoms with E-state index in [0.29, 0.717) is 0 Å². The van der Waals surface area contributed by atoms with Gasteiger partial charge in [0.25, 0.3) is 0 Å². The predicted molar refractivity (Wildman–Crippen MR) is 81.3 cm³/mol. The van der Waals surface area contributed by atoms with Crippen molar-refractivity contribution in [1.82, 2.24) is 0 Å². The number of rotatable bonds is 14. The second-order valence-electron chi connectivity index (χ2n) is 5.22. The van der Waals surface area contributed by atoms with Crippen LogP contribution in [0.25, 0.3) is 0 Å². The van der Waals surface area contributed by atoms with Crippen LogP contribution in [0.1, 0.15) is 90.4 Å². The van der Waals surface area contributed by atoms with Crippen LogP contribution in [0.5, 0.6) is 0 Å². The van der Waals surface area contributed by atoms with Gasteiger partial charge in [0.15, 0.2) is 0 Å². The molecule has 0 aliphatic heterocycles. The molecule has 0 saturated carbocycles. The molecule has 0 atom stereocenters. The van der Waals surface area contributed by atoms with E-state index < -0.39 is 0 Å². The monoisotopic (exact) mass is 253 g/mol. The van der Waals surface area contributed by atoms with Gasteiger partial charge in [0, 0.05) is 0 Å². The zero-order valence-corrected chi connectivity index (χ0v) is 12.5. The molecular formula is C17H33O. The summed E-state index contributed by atoms with van der Waals surface area (Å²) in [5.74, 6) is 0. The Morgan fingerprint density at radius 3 is 1.61 bits per heavy atom. The van der Waals surface area contributed by atoms with Gasteiger partial charge in [-0.15, -0.1) is 0 Å². The van der Waals surface area contributed by atoms with Gasteiger partial charge >= 0.3 is 0 Å². The maximum atomic E-state index is 4.62. The molecule has 0 rings (SSSR count). The second kappa shape index (κ2) is 16.5. The van der Waals surface area contributed by atoms with Crippen molar-refractivity contribution in [3.8, 4) is 0 Å². The van der Waals surface area contributed by atoms with E-state index in [4.69, 9.17) is 0 Å². The van der Waals surface area contributed by atoms with Crippen molar-refractivity contribution in [2.45, 2.75) is 90.4 Å². The van der Waals surface area contributed by atoms with Gasteiger partial charge in [0.1, 0.15) is 7.11 Å². The van der Waals surface area contributed by atoms with E-state index in [2.05, 4.69) is 24.8 Å². The van der Waals surface area contributed by atoms with E-state index in [1.54, 1.807) is 6.26 Å². The molecule has 0 aromatic rings. The van der Waals surface area contributed by atoms with Crippen LogP contribution in [0, 0.1) is 7.11 Å². The minimum Gasteiger partial charge on any atom is -0.498 e. The maximum Gasteiger partial charge on any atom is 0.121 e. The first-order valence-corrected chi connectivity index (χ1v) is 7.97. The highest BCUT2D eigenvalue weighted by Crippen LogP contribution is 2.12. The maximum absolute atomic E-state index is 4.62. The summed E-state index contributed by atoms with van der Waals surface area (Å²) >= 11 is 0. The van der Waals surface area contributed by atoms with Crippen LogP contribution < -0.4 is 0 Å². The van der Waals surface area contributed by atoms with Gasteiger partial charge in [-0.1, -0.05) is 77.6 Å². The fourth-order valence-corrected chi connectivity index (χ4v) is 2.24. The first kappa shape index (κ1) is 17.5. The van der Waals surface area contributed by atoms with E-state index in [1.165, 1.54) is 77.0 Å². The minimum absolute atomic E-state index is 1.13. The van der Waals surface area contributed by atoms with Gasteiger partial charge in [-0.3, -0.25) is 0 Å². The Morgan fingerprint density at radius 1 is 0.722 bits per heavy atom. The predicted octanol–water partition coefficient (Wildman–Crippen LogP) is 6.40. The molecule has 0 spiro atoms. The number of unbranched alkanes of at least 4 members (excludes halogenated alkanes) is 12. The average Bonchev–Trinajstić information content (AvgIpc) is 2.39. The molecule has 0 unspecified atom stereocenters. The van der Waals surface area contributed by atoms with Crippen molar-refractivity contribution in [3.05, 3.63) is 19.4 Å². The standard InChI is InChI=1S/C17H33O/c1-3-4-5-6-7-8-9-10-11-12-13-14-15-16-17-18-2/h16-17H,2-15H2,1H3/b17-16+. The summed E-state index contributed by atoms with van der Waals surface area (Å²) in [7, 11) is 3.30. The third-order valence-corrected chi connectivity index (χ3v) is 3.42. The topological polar surface area (TPSA) is 9.23 Å². The van der Waals surface area contributed by atoms with E-state index >= 15 is 0 Å². The van der Waals surface area contributed by atoms with Crippen molar-refractivity contribution in [1.29, 1.82) is 0 Å². The fraction of sp³-hybridized carbons (Fsp3) is 0.824. The van der Waals surface area contributed by atoms with Crippen LogP contribution in [0.3, 0.4) is 0 Å². The first-order chi connectivity index (χ1) is 8.91. The molecule has 1 nitrogen and oxygen atoms in total. The molecular weight excluding hydrogens is 220 g/mol. The van der Waals surface area contributed by atoms with Crippen LogP contribution in [0.15, 0.2) is 12.3 Å². The molecule has 1 heteroatoms. The number of allylic oxidation sites excluding steroid dienone is 1. The SMILES string of the molecule is [CH2]O/C=C/CCCCCCCCCCCCCC. The Hall–Kier alpha value is -0.460. The molecule has 0 heterocycles. The van der Waals surface area contributed by atoms with Crippen LogP contribution in [0.4, 0.5) is 0 Å². The summed E-state index contributed by atoms with van der Waals surface area (Å²) in [4.78, 5) is 0. The van der Waals surface area contributed by atoms with Crippen LogP contribution in [-0.2, 0) is 4.74 Å². The van der Waals surface area contributed by atoms with Crippen molar-refractivity contribution in [3.63, 3.8) is 0 Å². The third-order valence-electron chi connectivity index (χ3n) is 3.42. The zero-order valence-electron chi connectivity index (χ0n) is 12.5. The zero-order chi connectivity index (χ0) is 13.3. The molecule has 0 amide bonds. The highest BCUT2D eigenvalue weighted by molar-refractivity contribution is 4.72. The Bertz CT molecular complexity index is 163. The molecule has 0 fully saturated rings. The van der Waals surface area contributed by atoms with E-state index in [0.717, 1.165) is 6.42 Å². The minimum atomic E-state index is 1.13.